The second-order valence-electron chi connectivity index (χ2n) is 6.91. The molecule has 1 aliphatic heterocycles. The molecule has 0 unspecified atom stereocenters. The fraction of sp³-hybridized carbons (Fsp3) is 0.174. The maximum atomic E-state index is 13.4. The van der Waals surface area contributed by atoms with E-state index < -0.39 is 12.0 Å². The van der Waals surface area contributed by atoms with Gasteiger partial charge in [-0.2, -0.15) is 0 Å². The largest absolute Gasteiger partial charge is 0.463 e. The molecule has 0 fully saturated rings. The first-order chi connectivity index (χ1) is 14.9. The van der Waals surface area contributed by atoms with E-state index >= 15 is 0 Å². The van der Waals surface area contributed by atoms with Crippen molar-refractivity contribution in [3.05, 3.63) is 100 Å². The van der Waals surface area contributed by atoms with Gasteiger partial charge in [-0.05, 0) is 55.3 Å². The first kappa shape index (κ1) is 21.7. The number of fused-ring (bicyclic) bond motifs is 1. The minimum atomic E-state index is -0.615. The van der Waals surface area contributed by atoms with E-state index in [2.05, 4.69) is 20.9 Å². The van der Waals surface area contributed by atoms with Crippen molar-refractivity contribution in [2.24, 2.45) is 4.99 Å². The van der Waals surface area contributed by atoms with Crippen molar-refractivity contribution in [2.75, 3.05) is 6.61 Å². The van der Waals surface area contributed by atoms with E-state index in [1.165, 1.54) is 11.3 Å². The number of rotatable bonds is 4. The maximum absolute atomic E-state index is 13.4. The van der Waals surface area contributed by atoms with E-state index in [0.29, 0.717) is 25.6 Å². The average Bonchev–Trinajstić information content (AvgIpc) is 3.04. The number of esters is 1. The van der Waals surface area contributed by atoms with Gasteiger partial charge in [-0.3, -0.25) is 9.36 Å². The molecule has 31 heavy (non-hydrogen) atoms. The van der Waals surface area contributed by atoms with Gasteiger partial charge in [0.1, 0.15) is 0 Å². The number of aromatic nitrogens is 1. The number of thiazole rings is 1. The van der Waals surface area contributed by atoms with Gasteiger partial charge in [0.05, 0.1) is 28.5 Å². The van der Waals surface area contributed by atoms with Crippen LogP contribution in [0.5, 0.6) is 0 Å². The van der Waals surface area contributed by atoms with Crippen molar-refractivity contribution in [2.45, 2.75) is 19.9 Å². The third-order valence-electron chi connectivity index (χ3n) is 4.87. The van der Waals surface area contributed by atoms with Crippen LogP contribution in [0, 0.1) is 0 Å². The summed E-state index contributed by atoms with van der Waals surface area (Å²) in [6.45, 7) is 3.77. The minimum absolute atomic E-state index is 0.207. The van der Waals surface area contributed by atoms with Crippen LogP contribution >= 0.6 is 38.9 Å². The van der Waals surface area contributed by atoms with Crippen molar-refractivity contribution in [1.82, 2.24) is 4.57 Å². The van der Waals surface area contributed by atoms with Gasteiger partial charge in [0, 0.05) is 9.50 Å². The van der Waals surface area contributed by atoms with Crippen molar-refractivity contribution >= 4 is 50.9 Å². The van der Waals surface area contributed by atoms with Crippen molar-refractivity contribution in [1.29, 1.82) is 0 Å². The van der Waals surface area contributed by atoms with Crippen LogP contribution < -0.4 is 14.9 Å². The molecule has 0 saturated carbocycles. The summed E-state index contributed by atoms with van der Waals surface area (Å²) in [7, 11) is 0. The lowest BCUT2D eigenvalue weighted by Gasteiger charge is -2.24. The molecule has 8 heteroatoms. The Morgan fingerprint density at radius 1 is 1.23 bits per heavy atom. The van der Waals surface area contributed by atoms with Crippen molar-refractivity contribution < 1.29 is 9.53 Å². The van der Waals surface area contributed by atoms with Crippen LogP contribution in [0.1, 0.15) is 31.0 Å². The van der Waals surface area contributed by atoms with Gasteiger partial charge < -0.3 is 4.74 Å². The van der Waals surface area contributed by atoms with Crippen LogP contribution in [-0.4, -0.2) is 17.1 Å². The highest BCUT2D eigenvalue weighted by Crippen LogP contribution is 2.31. The summed E-state index contributed by atoms with van der Waals surface area (Å²) in [6.07, 6.45) is 1.81. The highest BCUT2D eigenvalue weighted by molar-refractivity contribution is 9.10. The predicted octanol–water partition coefficient (Wildman–Crippen LogP) is 4.21. The number of ether oxygens (including phenoxy) is 1. The number of hydrogen-bond acceptors (Lipinski definition) is 5. The monoisotopic (exact) mass is 516 g/mol. The lowest BCUT2D eigenvalue weighted by Crippen LogP contribution is -2.39. The molecule has 0 aliphatic carbocycles. The molecule has 0 bridgehead atoms. The molecule has 1 aliphatic rings. The van der Waals surface area contributed by atoms with E-state index in [-0.39, 0.29) is 12.2 Å². The zero-order valence-electron chi connectivity index (χ0n) is 16.8. The van der Waals surface area contributed by atoms with Gasteiger partial charge >= 0.3 is 5.97 Å². The third kappa shape index (κ3) is 4.31. The van der Waals surface area contributed by atoms with E-state index in [4.69, 9.17) is 16.3 Å². The topological polar surface area (TPSA) is 60.7 Å². The standard InChI is InChI=1S/C23H18BrClN2O3S/c1-3-30-22(29)19-13(2)26-23-27(20(19)15-6-8-16(24)9-7-15)21(28)18(31-23)12-14-4-10-17(25)11-5-14/h4-12,20H,3H2,1-2H3/b18-12-/t20-/m1/s1. The fourth-order valence-electron chi connectivity index (χ4n) is 3.46. The van der Waals surface area contributed by atoms with Gasteiger partial charge in [0.25, 0.3) is 5.56 Å². The Kier molecular flexibility index (Phi) is 6.27. The van der Waals surface area contributed by atoms with Crippen LogP contribution in [0.4, 0.5) is 0 Å². The van der Waals surface area contributed by atoms with Gasteiger partial charge in [-0.1, -0.05) is 63.1 Å². The number of carbonyl (C=O) groups excluding carboxylic acids is 1. The summed E-state index contributed by atoms with van der Waals surface area (Å²) in [6, 6.07) is 14.2. The molecule has 3 aromatic rings. The normalized spacial score (nSPS) is 16.1. The van der Waals surface area contributed by atoms with Gasteiger partial charge in [0.15, 0.2) is 4.80 Å². The second-order valence-corrected chi connectivity index (χ2v) is 9.27. The Morgan fingerprint density at radius 3 is 2.55 bits per heavy atom. The number of allylic oxidation sites excluding steroid dienone is 1. The molecule has 0 saturated heterocycles. The summed E-state index contributed by atoms with van der Waals surface area (Å²) in [5.41, 5.74) is 2.37. The SMILES string of the molecule is CCOC(=O)C1=C(C)N=c2s/c(=C\c3ccc(Cl)cc3)c(=O)n2[C@@H]1c1ccc(Br)cc1. The molecule has 0 N–H and O–H groups in total. The Hall–Kier alpha value is -2.48. The summed E-state index contributed by atoms with van der Waals surface area (Å²) in [4.78, 5) is 31.4. The van der Waals surface area contributed by atoms with Crippen LogP contribution in [0.2, 0.25) is 5.02 Å². The molecule has 4 rings (SSSR count). The van der Waals surface area contributed by atoms with E-state index in [9.17, 15) is 9.59 Å². The Labute approximate surface area is 196 Å². The van der Waals surface area contributed by atoms with E-state index in [1.54, 1.807) is 30.5 Å². The van der Waals surface area contributed by atoms with Crippen LogP contribution in [0.3, 0.4) is 0 Å². The Morgan fingerprint density at radius 2 is 1.90 bits per heavy atom. The van der Waals surface area contributed by atoms with Gasteiger partial charge in [-0.25, -0.2) is 9.79 Å². The maximum Gasteiger partial charge on any atom is 0.338 e. The number of nitrogens with zero attached hydrogens (tertiary/aromatic N) is 2. The molecular formula is C23H18BrClN2O3S. The Bertz CT molecular complexity index is 1360. The molecule has 0 spiro atoms. The molecule has 2 aromatic carbocycles. The van der Waals surface area contributed by atoms with Gasteiger partial charge in [-0.15, -0.1) is 0 Å². The quantitative estimate of drug-likeness (QED) is 0.487. The van der Waals surface area contributed by atoms with Crippen molar-refractivity contribution in [3.63, 3.8) is 0 Å². The molecular weight excluding hydrogens is 500 g/mol. The summed E-state index contributed by atoms with van der Waals surface area (Å²) < 4.78 is 8.31. The highest BCUT2D eigenvalue weighted by Gasteiger charge is 2.33. The first-order valence-electron chi connectivity index (χ1n) is 9.59. The molecule has 0 radical (unpaired) electrons. The smallest absolute Gasteiger partial charge is 0.338 e. The van der Waals surface area contributed by atoms with Crippen LogP contribution in [0.25, 0.3) is 6.08 Å². The third-order valence-corrected chi connectivity index (χ3v) is 6.63. The zero-order valence-corrected chi connectivity index (χ0v) is 19.9. The van der Waals surface area contributed by atoms with Crippen molar-refractivity contribution in [3.8, 4) is 0 Å². The van der Waals surface area contributed by atoms with E-state index in [0.717, 1.165) is 15.6 Å². The lowest BCUT2D eigenvalue weighted by molar-refractivity contribution is -0.139. The van der Waals surface area contributed by atoms with E-state index in [1.807, 2.05) is 42.5 Å². The minimum Gasteiger partial charge on any atom is -0.463 e. The number of hydrogen-bond donors (Lipinski definition) is 0. The molecule has 158 valence electrons. The summed E-state index contributed by atoms with van der Waals surface area (Å²) >= 11 is 10.7. The lowest BCUT2D eigenvalue weighted by atomic mass is 9.96. The summed E-state index contributed by atoms with van der Waals surface area (Å²) in [5.74, 6) is -0.469. The molecule has 1 aromatic heterocycles. The molecule has 5 nitrogen and oxygen atoms in total. The first-order valence-corrected chi connectivity index (χ1v) is 11.6. The average molecular weight is 518 g/mol. The van der Waals surface area contributed by atoms with Crippen LogP contribution in [-0.2, 0) is 9.53 Å². The molecule has 1 atom stereocenters. The fourth-order valence-corrected chi connectivity index (χ4v) is 4.90. The number of carbonyl (C=O) groups is 1. The summed E-state index contributed by atoms with van der Waals surface area (Å²) in [5, 5.41) is 0.628. The number of halogens is 2. The highest BCUT2D eigenvalue weighted by atomic mass is 79.9. The second kappa shape index (κ2) is 8.94. The number of benzene rings is 2. The molecule has 0 amide bonds. The predicted molar refractivity (Wildman–Crippen MR) is 126 cm³/mol. The van der Waals surface area contributed by atoms with Gasteiger partial charge in [0.2, 0.25) is 0 Å². The zero-order chi connectivity index (χ0) is 22.1. The van der Waals surface area contributed by atoms with Crippen LogP contribution in [0.15, 0.2) is 74.1 Å². The Balaban J connectivity index is 1.94. The molecule has 2 heterocycles.